The number of hydrogen-bond acceptors (Lipinski definition) is 5. The molecule has 1 aliphatic heterocycles. The highest BCUT2D eigenvalue weighted by Crippen LogP contribution is 2.49. The Labute approximate surface area is 204 Å². The van der Waals surface area contributed by atoms with Crippen molar-refractivity contribution in [3.8, 4) is 16.3 Å². The van der Waals surface area contributed by atoms with Gasteiger partial charge in [0.25, 0.3) is 0 Å². The number of thioether (sulfide) groups is 1. The summed E-state index contributed by atoms with van der Waals surface area (Å²) in [5, 5.41) is 6.39. The van der Waals surface area contributed by atoms with Crippen LogP contribution < -0.4 is 10.6 Å². The van der Waals surface area contributed by atoms with Crippen molar-refractivity contribution in [1.29, 1.82) is 0 Å². The molecule has 1 aliphatic rings. The molecule has 6 nitrogen and oxygen atoms in total. The van der Waals surface area contributed by atoms with Crippen LogP contribution in [0, 0.1) is 12.7 Å². The van der Waals surface area contributed by atoms with Crippen LogP contribution in [0.2, 0.25) is 0 Å². The minimum atomic E-state index is -0.635. The second-order valence-corrected chi connectivity index (χ2v) is 9.96. The molecule has 0 radical (unpaired) electrons. The van der Waals surface area contributed by atoms with Crippen LogP contribution in [-0.4, -0.2) is 33.9 Å². The largest absolute Gasteiger partial charge is 0.368 e. The summed E-state index contributed by atoms with van der Waals surface area (Å²) in [6.45, 7) is 1.66. The maximum atomic E-state index is 15.1. The molecule has 172 valence electrons. The van der Waals surface area contributed by atoms with Gasteiger partial charge in [0.15, 0.2) is 0 Å². The lowest BCUT2D eigenvalue weighted by molar-refractivity contribution is -0.121. The number of anilines is 1. The minimum absolute atomic E-state index is 0.0681. The SMILES string of the molecule is Cc1ccccc1-n1nc(-c2cccs2)c2c1N(CC(N)=O)C(=O)CSC2c1ccccc1F. The Morgan fingerprint density at radius 1 is 1.15 bits per heavy atom. The summed E-state index contributed by atoms with van der Waals surface area (Å²) in [6, 6.07) is 18.1. The monoisotopic (exact) mass is 492 g/mol. The van der Waals surface area contributed by atoms with Crippen LogP contribution in [0.3, 0.4) is 0 Å². The number of thiophene rings is 1. The second kappa shape index (κ2) is 9.08. The van der Waals surface area contributed by atoms with E-state index in [0.29, 0.717) is 22.6 Å². The van der Waals surface area contributed by atoms with Crippen molar-refractivity contribution in [2.24, 2.45) is 5.73 Å². The van der Waals surface area contributed by atoms with E-state index in [1.54, 1.807) is 22.9 Å². The van der Waals surface area contributed by atoms with Crippen molar-refractivity contribution >= 4 is 40.7 Å². The number of aryl methyl sites for hydroxylation is 1. The number of fused-ring (bicyclic) bond motifs is 1. The van der Waals surface area contributed by atoms with Gasteiger partial charge in [0, 0.05) is 11.1 Å². The van der Waals surface area contributed by atoms with Gasteiger partial charge in [-0.15, -0.1) is 23.1 Å². The summed E-state index contributed by atoms with van der Waals surface area (Å²) < 4.78 is 16.8. The van der Waals surface area contributed by atoms with Crippen molar-refractivity contribution in [2.45, 2.75) is 12.2 Å². The predicted molar refractivity (Wildman–Crippen MR) is 134 cm³/mol. The first-order valence-corrected chi connectivity index (χ1v) is 12.6. The Morgan fingerprint density at radius 3 is 2.62 bits per heavy atom. The number of rotatable bonds is 5. The quantitative estimate of drug-likeness (QED) is 0.438. The lowest BCUT2D eigenvalue weighted by atomic mass is 10.0. The molecule has 1 atom stereocenters. The molecule has 1 unspecified atom stereocenters. The predicted octanol–water partition coefficient (Wildman–Crippen LogP) is 4.70. The smallest absolute Gasteiger partial charge is 0.238 e. The molecule has 2 N–H and O–H groups in total. The number of amides is 2. The third-order valence-electron chi connectivity index (χ3n) is 5.69. The van der Waals surface area contributed by atoms with Crippen LogP contribution in [0.4, 0.5) is 10.2 Å². The van der Waals surface area contributed by atoms with E-state index in [-0.39, 0.29) is 24.0 Å². The van der Waals surface area contributed by atoms with E-state index in [4.69, 9.17) is 10.8 Å². The van der Waals surface area contributed by atoms with Gasteiger partial charge in [-0.1, -0.05) is 42.5 Å². The van der Waals surface area contributed by atoms with Gasteiger partial charge in [-0.3, -0.25) is 14.5 Å². The van der Waals surface area contributed by atoms with E-state index < -0.39 is 11.2 Å². The molecule has 0 bridgehead atoms. The zero-order valence-electron chi connectivity index (χ0n) is 18.3. The van der Waals surface area contributed by atoms with E-state index in [1.807, 2.05) is 48.7 Å². The van der Waals surface area contributed by atoms with Crippen molar-refractivity contribution in [2.75, 3.05) is 17.2 Å². The van der Waals surface area contributed by atoms with Crippen molar-refractivity contribution in [3.05, 3.63) is 88.6 Å². The van der Waals surface area contributed by atoms with Gasteiger partial charge in [-0.2, -0.15) is 5.10 Å². The number of halogens is 1. The standard InChI is InChI=1S/C25H21FN4O2S2/c1-15-7-2-5-10-18(15)30-25-22(23(28-30)19-11-6-12-33-19)24(16-8-3-4-9-17(16)26)34-14-21(32)29(25)13-20(27)31/h2-12,24H,13-14H2,1H3,(H2,27,31). The Hall–Kier alpha value is -3.43. The van der Waals surface area contributed by atoms with Gasteiger partial charge < -0.3 is 5.73 Å². The average Bonchev–Trinajstić information content (AvgIpc) is 3.44. The van der Waals surface area contributed by atoms with Gasteiger partial charge in [0.2, 0.25) is 11.8 Å². The Morgan fingerprint density at radius 2 is 1.91 bits per heavy atom. The first-order valence-electron chi connectivity index (χ1n) is 10.6. The van der Waals surface area contributed by atoms with Crippen LogP contribution in [0.25, 0.3) is 16.3 Å². The molecule has 2 amide bonds. The number of carbonyl (C=O) groups is 2. The molecule has 0 saturated heterocycles. The number of nitrogens with two attached hydrogens (primary N) is 1. The number of aromatic nitrogens is 2. The molecule has 3 heterocycles. The topological polar surface area (TPSA) is 81.2 Å². The molecule has 9 heteroatoms. The van der Waals surface area contributed by atoms with Crippen molar-refractivity contribution in [3.63, 3.8) is 0 Å². The van der Waals surface area contributed by atoms with Gasteiger partial charge >= 0.3 is 0 Å². The maximum Gasteiger partial charge on any atom is 0.238 e. The van der Waals surface area contributed by atoms with E-state index in [2.05, 4.69) is 0 Å². The number of primary amides is 1. The summed E-state index contributed by atoms with van der Waals surface area (Å²) in [5.41, 5.74) is 9.07. The molecule has 0 fully saturated rings. The molecule has 2 aromatic carbocycles. The molecular formula is C25H21FN4O2S2. The van der Waals surface area contributed by atoms with Crippen LogP contribution >= 0.6 is 23.1 Å². The number of benzene rings is 2. The number of nitrogens with zero attached hydrogens (tertiary/aromatic N) is 3. The number of carbonyl (C=O) groups excluding carboxylic acids is 2. The first kappa shape index (κ1) is 22.4. The molecule has 34 heavy (non-hydrogen) atoms. The van der Waals surface area contributed by atoms with Crippen LogP contribution in [0.1, 0.15) is 21.9 Å². The molecule has 0 spiro atoms. The number of para-hydroxylation sites is 1. The lowest BCUT2D eigenvalue weighted by Gasteiger charge is -2.23. The number of hydrogen-bond donors (Lipinski definition) is 1. The molecular weight excluding hydrogens is 471 g/mol. The molecule has 0 aliphatic carbocycles. The molecule has 2 aromatic heterocycles. The summed E-state index contributed by atoms with van der Waals surface area (Å²) in [7, 11) is 0. The third kappa shape index (κ3) is 3.91. The molecule has 4 aromatic rings. The fourth-order valence-corrected chi connectivity index (χ4v) is 6.12. The van der Waals surface area contributed by atoms with Crippen LogP contribution in [0.5, 0.6) is 0 Å². The Balaban J connectivity index is 1.88. The highest BCUT2D eigenvalue weighted by molar-refractivity contribution is 8.00. The maximum absolute atomic E-state index is 15.1. The first-order chi connectivity index (χ1) is 16.5. The summed E-state index contributed by atoms with van der Waals surface area (Å²) >= 11 is 2.84. The zero-order chi connectivity index (χ0) is 23.8. The highest BCUT2D eigenvalue weighted by atomic mass is 32.2. The Bertz CT molecular complexity index is 1380. The third-order valence-corrected chi connectivity index (χ3v) is 7.80. The van der Waals surface area contributed by atoms with E-state index in [9.17, 15) is 9.59 Å². The lowest BCUT2D eigenvalue weighted by Crippen LogP contribution is -2.40. The molecule has 0 saturated carbocycles. The van der Waals surface area contributed by atoms with Gasteiger partial charge in [-0.05, 0) is 36.1 Å². The van der Waals surface area contributed by atoms with Gasteiger partial charge in [0.05, 0.1) is 21.6 Å². The van der Waals surface area contributed by atoms with Crippen molar-refractivity contribution < 1.29 is 14.0 Å². The van der Waals surface area contributed by atoms with Gasteiger partial charge in [0.1, 0.15) is 23.9 Å². The summed E-state index contributed by atoms with van der Waals surface area (Å²) in [5.74, 6) is -0.763. The summed E-state index contributed by atoms with van der Waals surface area (Å²) in [6.07, 6.45) is 0. The fourth-order valence-electron chi connectivity index (χ4n) is 4.17. The van der Waals surface area contributed by atoms with E-state index in [0.717, 1.165) is 16.1 Å². The van der Waals surface area contributed by atoms with Crippen molar-refractivity contribution in [1.82, 2.24) is 9.78 Å². The zero-order valence-corrected chi connectivity index (χ0v) is 19.9. The minimum Gasteiger partial charge on any atom is -0.368 e. The normalized spacial score (nSPS) is 15.8. The average molecular weight is 493 g/mol. The van der Waals surface area contributed by atoms with Crippen LogP contribution in [-0.2, 0) is 9.59 Å². The van der Waals surface area contributed by atoms with Crippen LogP contribution in [0.15, 0.2) is 66.0 Å². The Kier molecular flexibility index (Phi) is 5.97. The summed E-state index contributed by atoms with van der Waals surface area (Å²) in [4.78, 5) is 27.6. The fraction of sp³-hybridized carbons (Fsp3) is 0.160. The van der Waals surface area contributed by atoms with Gasteiger partial charge in [-0.25, -0.2) is 9.07 Å². The van der Waals surface area contributed by atoms with E-state index >= 15 is 4.39 Å². The second-order valence-electron chi connectivity index (χ2n) is 7.92. The molecule has 5 rings (SSSR count). The van der Waals surface area contributed by atoms with E-state index in [1.165, 1.54) is 34.1 Å². The highest BCUT2D eigenvalue weighted by Gasteiger charge is 2.38.